The quantitative estimate of drug-likeness (QED) is 0.903. The van der Waals surface area contributed by atoms with E-state index in [0.29, 0.717) is 31.9 Å². The summed E-state index contributed by atoms with van der Waals surface area (Å²) in [5.74, 6) is 1.34. The van der Waals surface area contributed by atoms with Gasteiger partial charge in [-0.15, -0.1) is 0 Å². The Kier molecular flexibility index (Phi) is 5.07. The van der Waals surface area contributed by atoms with E-state index in [0.717, 1.165) is 16.9 Å². The average molecular weight is 342 g/mol. The van der Waals surface area contributed by atoms with E-state index >= 15 is 0 Å². The van der Waals surface area contributed by atoms with Crippen LogP contribution in [0, 0.1) is 0 Å². The summed E-state index contributed by atoms with van der Waals surface area (Å²) in [6, 6.07) is 8.85. The highest BCUT2D eigenvalue weighted by atomic mass is 16.5. The summed E-state index contributed by atoms with van der Waals surface area (Å²) >= 11 is 0. The summed E-state index contributed by atoms with van der Waals surface area (Å²) in [6.45, 7) is 5.36. The van der Waals surface area contributed by atoms with Crippen molar-refractivity contribution in [3.8, 4) is 11.5 Å². The predicted octanol–water partition coefficient (Wildman–Crippen LogP) is 2.13. The third-order valence-electron chi connectivity index (χ3n) is 4.23. The van der Waals surface area contributed by atoms with Gasteiger partial charge in [-0.05, 0) is 55.7 Å². The Hall–Kier alpha value is -2.76. The van der Waals surface area contributed by atoms with Gasteiger partial charge in [-0.25, -0.2) is 0 Å². The van der Waals surface area contributed by atoms with Crippen LogP contribution in [0.3, 0.4) is 0 Å². The van der Waals surface area contributed by atoms with Crippen molar-refractivity contribution in [2.75, 3.05) is 13.2 Å². The zero-order chi connectivity index (χ0) is 17.8. The monoisotopic (exact) mass is 342 g/mol. The molecule has 25 heavy (non-hydrogen) atoms. The summed E-state index contributed by atoms with van der Waals surface area (Å²) < 4.78 is 11.2. The molecule has 0 fully saturated rings. The van der Waals surface area contributed by atoms with Crippen LogP contribution < -0.4 is 15.0 Å². The number of carbonyl (C=O) groups is 1. The number of ether oxygens (including phenoxy) is 2. The van der Waals surface area contributed by atoms with Gasteiger partial charge in [-0.2, -0.15) is 0 Å². The molecule has 0 radical (unpaired) electrons. The number of nitrogens with zero attached hydrogens (tertiary/aromatic N) is 1. The van der Waals surface area contributed by atoms with Gasteiger partial charge in [0.2, 0.25) is 5.56 Å². The molecule has 3 rings (SSSR count). The average Bonchev–Trinajstić information content (AvgIpc) is 2.62. The molecule has 1 unspecified atom stereocenters. The largest absolute Gasteiger partial charge is 0.494 e. The number of pyridine rings is 1. The highest BCUT2D eigenvalue weighted by Gasteiger charge is 2.26. The smallest absolute Gasteiger partial charge is 0.263 e. The topological polar surface area (TPSA) is 71.6 Å². The number of carbonyl (C=O) groups excluding carboxylic acids is 1. The molecule has 1 aliphatic heterocycles. The van der Waals surface area contributed by atoms with E-state index in [4.69, 9.17) is 9.47 Å². The number of hydrogen-bond acceptors (Lipinski definition) is 4. The van der Waals surface area contributed by atoms with Crippen molar-refractivity contribution >= 4 is 5.91 Å². The van der Waals surface area contributed by atoms with E-state index in [2.05, 4.69) is 4.98 Å². The van der Waals surface area contributed by atoms with Crippen LogP contribution in [0.5, 0.6) is 11.5 Å². The van der Waals surface area contributed by atoms with Crippen LogP contribution in [-0.4, -0.2) is 35.0 Å². The van der Waals surface area contributed by atoms with Crippen molar-refractivity contribution in [1.29, 1.82) is 0 Å². The van der Waals surface area contributed by atoms with Crippen LogP contribution in [0.2, 0.25) is 0 Å². The second kappa shape index (κ2) is 7.42. The second-order valence-electron chi connectivity index (χ2n) is 6.02. The second-order valence-corrected chi connectivity index (χ2v) is 6.02. The third kappa shape index (κ3) is 4.02. The van der Waals surface area contributed by atoms with E-state index in [-0.39, 0.29) is 11.5 Å². The molecule has 1 amide bonds. The molecule has 2 heterocycles. The lowest BCUT2D eigenvalue weighted by Crippen LogP contribution is -2.43. The molecule has 0 spiro atoms. The molecular weight excluding hydrogens is 320 g/mol. The van der Waals surface area contributed by atoms with Gasteiger partial charge in [-0.1, -0.05) is 0 Å². The Bertz CT molecular complexity index is 798. The lowest BCUT2D eigenvalue weighted by atomic mass is 10.0. The molecule has 0 saturated heterocycles. The molecule has 132 valence electrons. The number of fused-ring (bicyclic) bond motifs is 1. The molecule has 0 bridgehead atoms. The Balaban J connectivity index is 1.62. The van der Waals surface area contributed by atoms with E-state index in [1.54, 1.807) is 36.2 Å². The standard InChI is InChI=1S/C19H22N2O4/c1-3-24-16-4-6-17(7-5-16)25-13(2)19(23)21-9-8-14-10-18(22)20-11-15(14)12-21/h4-7,10-11,13H,3,8-9,12H2,1-2H3,(H,20,22). The predicted molar refractivity (Wildman–Crippen MR) is 93.9 cm³/mol. The van der Waals surface area contributed by atoms with E-state index in [9.17, 15) is 9.59 Å². The Labute approximate surface area is 146 Å². The van der Waals surface area contributed by atoms with Crippen molar-refractivity contribution in [1.82, 2.24) is 9.88 Å². The third-order valence-corrected chi connectivity index (χ3v) is 4.23. The molecule has 2 aromatic rings. The summed E-state index contributed by atoms with van der Waals surface area (Å²) in [5, 5.41) is 0. The van der Waals surface area contributed by atoms with Crippen LogP contribution >= 0.6 is 0 Å². The van der Waals surface area contributed by atoms with Gasteiger partial charge < -0.3 is 19.4 Å². The fourth-order valence-corrected chi connectivity index (χ4v) is 2.94. The molecule has 0 saturated carbocycles. The van der Waals surface area contributed by atoms with Crippen LogP contribution in [0.15, 0.2) is 41.3 Å². The number of nitrogens with one attached hydrogen (secondary N) is 1. The molecular formula is C19H22N2O4. The van der Waals surface area contributed by atoms with Crippen molar-refractivity contribution in [2.24, 2.45) is 0 Å². The van der Waals surface area contributed by atoms with Gasteiger partial charge in [0.1, 0.15) is 11.5 Å². The fraction of sp³-hybridized carbons (Fsp3) is 0.368. The van der Waals surface area contributed by atoms with Crippen molar-refractivity contribution in [2.45, 2.75) is 32.9 Å². The van der Waals surface area contributed by atoms with Gasteiger partial charge in [0.05, 0.1) is 6.61 Å². The first-order valence-corrected chi connectivity index (χ1v) is 8.45. The highest BCUT2D eigenvalue weighted by Crippen LogP contribution is 2.21. The van der Waals surface area contributed by atoms with Gasteiger partial charge >= 0.3 is 0 Å². The van der Waals surface area contributed by atoms with E-state index < -0.39 is 6.10 Å². The zero-order valence-electron chi connectivity index (χ0n) is 14.5. The minimum absolute atomic E-state index is 0.0641. The number of aromatic amines is 1. The molecule has 6 nitrogen and oxygen atoms in total. The maximum Gasteiger partial charge on any atom is 0.263 e. The molecule has 1 aromatic carbocycles. The van der Waals surface area contributed by atoms with Crippen molar-refractivity contribution in [3.63, 3.8) is 0 Å². The number of hydrogen-bond donors (Lipinski definition) is 1. The molecule has 1 aliphatic rings. The zero-order valence-corrected chi connectivity index (χ0v) is 14.5. The maximum absolute atomic E-state index is 12.7. The molecule has 1 aromatic heterocycles. The van der Waals surface area contributed by atoms with Crippen LogP contribution in [0.4, 0.5) is 0 Å². The molecule has 1 atom stereocenters. The van der Waals surface area contributed by atoms with Crippen LogP contribution in [0.25, 0.3) is 0 Å². The maximum atomic E-state index is 12.7. The van der Waals surface area contributed by atoms with Crippen LogP contribution in [-0.2, 0) is 17.8 Å². The molecule has 1 N–H and O–H groups in total. The van der Waals surface area contributed by atoms with Crippen LogP contribution in [0.1, 0.15) is 25.0 Å². The first-order chi connectivity index (χ1) is 12.1. The van der Waals surface area contributed by atoms with E-state index in [1.807, 2.05) is 19.1 Å². The minimum atomic E-state index is -0.581. The summed E-state index contributed by atoms with van der Waals surface area (Å²) in [6.07, 6.45) is 1.79. The highest BCUT2D eigenvalue weighted by molar-refractivity contribution is 5.81. The van der Waals surface area contributed by atoms with Gasteiger partial charge in [0.25, 0.3) is 5.91 Å². The normalized spacial score (nSPS) is 14.6. The number of benzene rings is 1. The SMILES string of the molecule is CCOc1ccc(OC(C)C(=O)N2CCc3cc(=O)[nH]cc3C2)cc1. The van der Waals surface area contributed by atoms with Crippen molar-refractivity contribution in [3.05, 3.63) is 58.0 Å². The summed E-state index contributed by atoms with van der Waals surface area (Å²) in [4.78, 5) is 28.5. The summed E-state index contributed by atoms with van der Waals surface area (Å²) in [7, 11) is 0. The van der Waals surface area contributed by atoms with Crippen molar-refractivity contribution < 1.29 is 14.3 Å². The number of amides is 1. The van der Waals surface area contributed by atoms with Gasteiger partial charge in [0.15, 0.2) is 6.10 Å². The molecule has 6 heteroatoms. The van der Waals surface area contributed by atoms with Gasteiger partial charge in [-0.3, -0.25) is 9.59 Å². The lowest BCUT2D eigenvalue weighted by Gasteiger charge is -2.30. The first kappa shape index (κ1) is 17.1. The number of H-pyrrole nitrogens is 1. The Morgan fingerprint density at radius 1 is 1.24 bits per heavy atom. The first-order valence-electron chi connectivity index (χ1n) is 8.45. The lowest BCUT2D eigenvalue weighted by molar-refractivity contribution is -0.138. The minimum Gasteiger partial charge on any atom is -0.494 e. The van der Waals surface area contributed by atoms with Gasteiger partial charge in [0, 0.05) is 25.4 Å². The summed E-state index contributed by atoms with van der Waals surface area (Å²) in [5.41, 5.74) is 1.88. The Morgan fingerprint density at radius 3 is 2.68 bits per heavy atom. The fourth-order valence-electron chi connectivity index (χ4n) is 2.94. The molecule has 0 aliphatic carbocycles. The number of rotatable bonds is 5. The number of aromatic nitrogens is 1. The van der Waals surface area contributed by atoms with E-state index in [1.165, 1.54) is 0 Å². The Morgan fingerprint density at radius 2 is 1.96 bits per heavy atom.